The number of hydrogen-bond donors (Lipinski definition) is 2. The van der Waals surface area contributed by atoms with Gasteiger partial charge in [-0.05, 0) is 36.9 Å². The molecule has 8 nitrogen and oxygen atoms in total. The van der Waals surface area contributed by atoms with Crippen LogP contribution in [-0.4, -0.2) is 59.0 Å². The van der Waals surface area contributed by atoms with E-state index in [1.54, 1.807) is 6.20 Å². The molecule has 2 aromatic heterocycles. The molecule has 5 rings (SSSR count). The Morgan fingerprint density at radius 2 is 1.90 bits per heavy atom. The Labute approximate surface area is 175 Å². The second-order valence-corrected chi connectivity index (χ2v) is 7.61. The normalized spacial score (nSPS) is 16.3. The van der Waals surface area contributed by atoms with Gasteiger partial charge in [0.1, 0.15) is 12.1 Å². The highest BCUT2D eigenvalue weighted by Gasteiger charge is 2.26. The van der Waals surface area contributed by atoms with Crippen molar-refractivity contribution >= 4 is 23.1 Å². The average molecular weight is 401 g/mol. The number of likely N-dealkylation sites (N-methyl/N-ethyl adjacent to an activating group) is 1. The predicted molar refractivity (Wildman–Crippen MR) is 116 cm³/mol. The highest BCUT2D eigenvalue weighted by Crippen LogP contribution is 2.34. The number of nitrogens with one attached hydrogen (secondary N) is 2. The summed E-state index contributed by atoms with van der Waals surface area (Å²) in [6.45, 7) is 4.60. The topological polar surface area (TPSA) is 86.3 Å². The molecule has 30 heavy (non-hydrogen) atoms. The minimum absolute atomic E-state index is 0.0857. The van der Waals surface area contributed by atoms with Crippen LogP contribution < -0.4 is 15.5 Å². The first-order valence-corrected chi connectivity index (χ1v) is 10.1. The molecule has 2 aliphatic rings. The van der Waals surface area contributed by atoms with Gasteiger partial charge in [0.25, 0.3) is 5.91 Å². The Morgan fingerprint density at radius 1 is 1.03 bits per heavy atom. The van der Waals surface area contributed by atoms with E-state index < -0.39 is 0 Å². The Balaban J connectivity index is 1.40. The molecule has 1 fully saturated rings. The lowest BCUT2D eigenvalue weighted by molar-refractivity contribution is 0.0966. The van der Waals surface area contributed by atoms with Gasteiger partial charge in [-0.15, -0.1) is 0 Å². The smallest absolute Gasteiger partial charge is 0.254 e. The maximum absolute atomic E-state index is 12.5. The first-order valence-electron chi connectivity index (χ1n) is 10.1. The highest BCUT2D eigenvalue weighted by molar-refractivity contribution is 6.06. The number of amides is 1. The Morgan fingerprint density at radius 3 is 2.63 bits per heavy atom. The molecule has 4 heterocycles. The lowest BCUT2D eigenvalue weighted by atomic mass is 9.98. The van der Waals surface area contributed by atoms with Crippen molar-refractivity contribution in [2.45, 2.75) is 6.54 Å². The van der Waals surface area contributed by atoms with Gasteiger partial charge in [0.2, 0.25) is 0 Å². The second-order valence-electron chi connectivity index (χ2n) is 7.61. The maximum Gasteiger partial charge on any atom is 0.254 e. The fourth-order valence-corrected chi connectivity index (χ4v) is 3.99. The van der Waals surface area contributed by atoms with E-state index in [1.165, 1.54) is 6.33 Å². The summed E-state index contributed by atoms with van der Waals surface area (Å²) >= 11 is 0. The number of nitrogens with zero attached hydrogens (tertiary/aromatic N) is 5. The van der Waals surface area contributed by atoms with Crippen molar-refractivity contribution in [1.29, 1.82) is 0 Å². The van der Waals surface area contributed by atoms with Crippen LogP contribution in [0.5, 0.6) is 0 Å². The van der Waals surface area contributed by atoms with Crippen LogP contribution >= 0.6 is 0 Å². The quantitative estimate of drug-likeness (QED) is 0.694. The number of rotatable bonds is 4. The van der Waals surface area contributed by atoms with Gasteiger partial charge in [-0.1, -0.05) is 6.07 Å². The van der Waals surface area contributed by atoms with Gasteiger partial charge in [-0.2, -0.15) is 0 Å². The van der Waals surface area contributed by atoms with Crippen LogP contribution in [0, 0.1) is 0 Å². The molecule has 152 valence electrons. The zero-order valence-electron chi connectivity index (χ0n) is 16.8. The molecule has 1 saturated heterocycles. The zero-order valence-corrected chi connectivity index (χ0v) is 16.8. The van der Waals surface area contributed by atoms with Crippen LogP contribution in [0.3, 0.4) is 0 Å². The molecule has 1 amide bonds. The Bertz CT molecular complexity index is 1060. The number of hydrogen-bond acceptors (Lipinski definition) is 7. The molecule has 0 bridgehead atoms. The standard InChI is InChI=1S/C22H23N7O/c1-28-8-10-29(11-9-28)15-2-5-20(24-12-15)27-19-4-3-16(18-6-7-23-14-26-18)17-13-25-22(30)21(17)19/h2-7,12,14H,8-11,13H2,1H3,(H,24,27)(H,25,30). The summed E-state index contributed by atoms with van der Waals surface area (Å²) in [6, 6.07) is 9.80. The number of anilines is 3. The van der Waals surface area contributed by atoms with E-state index in [1.807, 2.05) is 30.5 Å². The molecule has 8 heteroatoms. The third-order valence-corrected chi connectivity index (χ3v) is 5.70. The fourth-order valence-electron chi connectivity index (χ4n) is 3.99. The largest absolute Gasteiger partial charge is 0.368 e. The molecular formula is C22H23N7O. The lowest BCUT2D eigenvalue weighted by Crippen LogP contribution is -2.44. The van der Waals surface area contributed by atoms with E-state index in [2.05, 4.69) is 48.5 Å². The van der Waals surface area contributed by atoms with E-state index in [0.29, 0.717) is 17.9 Å². The minimum atomic E-state index is -0.0857. The average Bonchev–Trinajstić information content (AvgIpc) is 3.18. The summed E-state index contributed by atoms with van der Waals surface area (Å²) < 4.78 is 0. The van der Waals surface area contributed by atoms with Gasteiger partial charge in [-0.25, -0.2) is 15.0 Å². The molecule has 2 aliphatic heterocycles. The van der Waals surface area contributed by atoms with Gasteiger partial charge in [0, 0.05) is 44.5 Å². The Hall–Kier alpha value is -3.52. The first kappa shape index (κ1) is 18.5. The monoisotopic (exact) mass is 401 g/mol. The molecule has 0 radical (unpaired) electrons. The fraction of sp³-hybridized carbons (Fsp3) is 0.273. The van der Waals surface area contributed by atoms with Crippen LogP contribution in [0.2, 0.25) is 0 Å². The number of aromatic nitrogens is 3. The van der Waals surface area contributed by atoms with Crippen LogP contribution in [0.25, 0.3) is 11.3 Å². The van der Waals surface area contributed by atoms with Gasteiger partial charge in [-0.3, -0.25) is 4.79 Å². The highest BCUT2D eigenvalue weighted by atomic mass is 16.1. The van der Waals surface area contributed by atoms with Gasteiger partial charge < -0.3 is 20.4 Å². The SMILES string of the molecule is CN1CCN(c2ccc(Nc3ccc(-c4ccncn4)c4c3C(=O)NC4)nc2)CC1. The van der Waals surface area contributed by atoms with Crippen molar-refractivity contribution in [3.05, 3.63) is 60.2 Å². The van der Waals surface area contributed by atoms with Crippen LogP contribution in [0.1, 0.15) is 15.9 Å². The summed E-state index contributed by atoms with van der Waals surface area (Å²) in [6.07, 6.45) is 5.12. The maximum atomic E-state index is 12.5. The van der Waals surface area contributed by atoms with Crippen molar-refractivity contribution < 1.29 is 4.79 Å². The zero-order chi connectivity index (χ0) is 20.5. The van der Waals surface area contributed by atoms with E-state index in [4.69, 9.17) is 0 Å². The molecule has 0 spiro atoms. The van der Waals surface area contributed by atoms with Crippen molar-refractivity contribution in [3.63, 3.8) is 0 Å². The van der Waals surface area contributed by atoms with E-state index in [0.717, 1.165) is 54.4 Å². The molecule has 3 aromatic rings. The minimum Gasteiger partial charge on any atom is -0.368 e. The van der Waals surface area contributed by atoms with Crippen molar-refractivity contribution in [3.8, 4) is 11.3 Å². The second kappa shape index (κ2) is 7.72. The summed E-state index contributed by atoms with van der Waals surface area (Å²) in [4.78, 5) is 30.1. The third kappa shape index (κ3) is 3.46. The van der Waals surface area contributed by atoms with E-state index in [9.17, 15) is 4.79 Å². The summed E-state index contributed by atoms with van der Waals surface area (Å²) in [5.41, 5.74) is 5.20. The number of piperazine rings is 1. The van der Waals surface area contributed by atoms with Crippen molar-refractivity contribution in [2.24, 2.45) is 0 Å². The molecule has 1 aromatic carbocycles. The predicted octanol–water partition coefficient (Wildman–Crippen LogP) is 2.28. The van der Waals surface area contributed by atoms with Crippen LogP contribution in [-0.2, 0) is 6.54 Å². The summed E-state index contributed by atoms with van der Waals surface area (Å²) in [5, 5.41) is 6.24. The molecule has 0 aliphatic carbocycles. The van der Waals surface area contributed by atoms with Crippen molar-refractivity contribution in [1.82, 2.24) is 25.2 Å². The number of carbonyl (C=O) groups is 1. The number of pyridine rings is 1. The molecule has 0 saturated carbocycles. The van der Waals surface area contributed by atoms with Gasteiger partial charge >= 0.3 is 0 Å². The van der Waals surface area contributed by atoms with Crippen LogP contribution in [0.15, 0.2) is 49.1 Å². The molecule has 2 N–H and O–H groups in total. The number of fused-ring (bicyclic) bond motifs is 1. The van der Waals surface area contributed by atoms with Gasteiger partial charge in [0.05, 0.1) is 28.8 Å². The molecular weight excluding hydrogens is 378 g/mol. The van der Waals surface area contributed by atoms with Gasteiger partial charge in [0.15, 0.2) is 0 Å². The van der Waals surface area contributed by atoms with E-state index >= 15 is 0 Å². The summed E-state index contributed by atoms with van der Waals surface area (Å²) in [7, 11) is 2.15. The van der Waals surface area contributed by atoms with Crippen molar-refractivity contribution in [2.75, 3.05) is 43.4 Å². The van der Waals surface area contributed by atoms with E-state index in [-0.39, 0.29) is 5.91 Å². The third-order valence-electron chi connectivity index (χ3n) is 5.70. The number of benzene rings is 1. The Kier molecular flexibility index (Phi) is 4.76. The van der Waals surface area contributed by atoms with Crippen LogP contribution in [0.4, 0.5) is 17.2 Å². The molecule has 0 unspecified atom stereocenters. The summed E-state index contributed by atoms with van der Waals surface area (Å²) in [5.74, 6) is 0.627. The number of carbonyl (C=O) groups excluding carboxylic acids is 1. The lowest BCUT2D eigenvalue weighted by Gasteiger charge is -2.33. The first-order chi connectivity index (χ1) is 14.7. The molecule has 0 atom stereocenters.